The van der Waals surface area contributed by atoms with Crippen molar-refractivity contribution in [2.75, 3.05) is 6.54 Å². The van der Waals surface area contributed by atoms with Crippen LogP contribution in [0.1, 0.15) is 84.9 Å². The van der Waals surface area contributed by atoms with Crippen molar-refractivity contribution in [1.29, 1.82) is 0 Å². The maximum Gasteiger partial charge on any atom is 0.408 e. The molecule has 0 saturated carbocycles. The van der Waals surface area contributed by atoms with Crippen LogP contribution in [-0.2, 0) is 20.7 Å². The van der Waals surface area contributed by atoms with Gasteiger partial charge in [-0.2, -0.15) is 0 Å². The number of alkyl carbamates (subject to hydrolysis) is 1. The average molecular weight is 540 g/mol. The first kappa shape index (κ1) is 31.7. The number of ether oxygens (including phenoxy) is 1. The Morgan fingerprint density at radius 3 is 2.10 bits per heavy atom. The number of unbranched alkanes of at least 4 members (excludes halogenated alkanes) is 1. The first-order valence-corrected chi connectivity index (χ1v) is 13.7. The molecule has 0 aliphatic carbocycles. The highest BCUT2D eigenvalue weighted by atomic mass is 16.6. The van der Waals surface area contributed by atoms with Gasteiger partial charge in [-0.1, -0.05) is 62.7 Å². The molecule has 3 N–H and O–H groups in total. The Morgan fingerprint density at radius 2 is 1.56 bits per heavy atom. The number of carbonyl (C=O) groups is 3. The molecule has 2 aromatic carbocycles. The number of hydrogen-bond acceptors (Lipinski definition) is 5. The number of phenolic OH excluding ortho intramolecular Hbond substituents is 1. The topological polar surface area (TPSA) is 108 Å². The van der Waals surface area contributed by atoms with Gasteiger partial charge in [-0.05, 0) is 70.7 Å². The second kappa shape index (κ2) is 14.0. The first-order valence-electron chi connectivity index (χ1n) is 13.7. The van der Waals surface area contributed by atoms with Gasteiger partial charge in [0.05, 0.1) is 0 Å². The van der Waals surface area contributed by atoms with E-state index in [1.54, 1.807) is 37.8 Å². The molecule has 2 rings (SSSR count). The zero-order valence-electron chi connectivity index (χ0n) is 24.4. The van der Waals surface area contributed by atoms with Crippen LogP contribution in [0, 0.1) is 0 Å². The van der Waals surface area contributed by atoms with Crippen LogP contribution in [0.3, 0.4) is 0 Å². The van der Waals surface area contributed by atoms with Gasteiger partial charge in [-0.25, -0.2) is 4.79 Å². The summed E-state index contributed by atoms with van der Waals surface area (Å²) in [7, 11) is 0. The summed E-state index contributed by atoms with van der Waals surface area (Å²) < 4.78 is 5.48. The normalized spacial score (nSPS) is 13.2. The molecule has 0 aliphatic heterocycles. The number of phenols is 1. The monoisotopic (exact) mass is 539 g/mol. The van der Waals surface area contributed by atoms with Crippen molar-refractivity contribution in [2.45, 2.75) is 97.4 Å². The van der Waals surface area contributed by atoms with E-state index < -0.39 is 35.2 Å². The molecule has 0 radical (unpaired) electrons. The molecule has 0 heterocycles. The second-order valence-electron chi connectivity index (χ2n) is 11.4. The third-order valence-electron chi connectivity index (χ3n) is 6.57. The molecule has 0 aromatic heterocycles. The molecular weight excluding hydrogens is 494 g/mol. The number of carbonyl (C=O) groups excluding carboxylic acids is 3. The van der Waals surface area contributed by atoms with E-state index in [9.17, 15) is 19.5 Å². The summed E-state index contributed by atoms with van der Waals surface area (Å²) in [4.78, 5) is 42.7. The molecule has 0 saturated heterocycles. The quantitative estimate of drug-likeness (QED) is 0.309. The summed E-state index contributed by atoms with van der Waals surface area (Å²) >= 11 is 0. The van der Waals surface area contributed by atoms with Gasteiger partial charge in [-0.3, -0.25) is 9.59 Å². The van der Waals surface area contributed by atoms with Crippen molar-refractivity contribution < 1.29 is 24.2 Å². The lowest BCUT2D eigenvalue weighted by Crippen LogP contribution is -2.59. The number of aromatic hydroxyl groups is 1. The Bertz CT molecular complexity index is 1080. The van der Waals surface area contributed by atoms with Gasteiger partial charge in [0, 0.05) is 18.5 Å². The minimum absolute atomic E-state index is 0.100. The Hall–Kier alpha value is -3.55. The molecule has 8 heteroatoms. The fraction of sp³-hybridized carbons (Fsp3) is 0.516. The van der Waals surface area contributed by atoms with Crippen LogP contribution in [0.2, 0.25) is 0 Å². The highest BCUT2D eigenvalue weighted by molar-refractivity contribution is 5.92. The van der Waals surface area contributed by atoms with Gasteiger partial charge in [0.2, 0.25) is 11.8 Å². The zero-order chi connectivity index (χ0) is 29.2. The SMILES string of the molecule is CCCCNC(=O)C(c1ccccc1)N(C(=O)C(Cc1ccc(O)cc1)NC(=O)OC(C)(C)C)C(C)(C)CC. The zero-order valence-corrected chi connectivity index (χ0v) is 24.4. The predicted molar refractivity (Wildman–Crippen MR) is 153 cm³/mol. The number of nitrogens with zero attached hydrogens (tertiary/aromatic N) is 1. The third-order valence-corrected chi connectivity index (χ3v) is 6.57. The van der Waals surface area contributed by atoms with Crippen LogP contribution >= 0.6 is 0 Å². The molecule has 0 fully saturated rings. The lowest BCUT2D eigenvalue weighted by molar-refractivity contribution is -0.149. The van der Waals surface area contributed by atoms with Crippen molar-refractivity contribution in [2.24, 2.45) is 0 Å². The smallest absolute Gasteiger partial charge is 0.408 e. The van der Waals surface area contributed by atoms with E-state index >= 15 is 0 Å². The van der Waals surface area contributed by atoms with E-state index in [0.29, 0.717) is 18.5 Å². The van der Waals surface area contributed by atoms with E-state index in [0.717, 1.165) is 18.4 Å². The van der Waals surface area contributed by atoms with Crippen molar-refractivity contribution in [3.05, 3.63) is 65.7 Å². The van der Waals surface area contributed by atoms with Crippen LogP contribution < -0.4 is 10.6 Å². The average Bonchev–Trinajstić information content (AvgIpc) is 2.87. The highest BCUT2D eigenvalue weighted by Gasteiger charge is 2.43. The van der Waals surface area contributed by atoms with Crippen molar-refractivity contribution >= 4 is 17.9 Å². The van der Waals surface area contributed by atoms with Gasteiger partial charge in [0.25, 0.3) is 0 Å². The molecule has 214 valence electrons. The van der Waals surface area contributed by atoms with Crippen molar-refractivity contribution in [1.82, 2.24) is 15.5 Å². The summed E-state index contributed by atoms with van der Waals surface area (Å²) in [6, 6.07) is 13.8. The highest BCUT2D eigenvalue weighted by Crippen LogP contribution is 2.32. The maximum absolute atomic E-state index is 14.5. The van der Waals surface area contributed by atoms with Gasteiger partial charge >= 0.3 is 6.09 Å². The minimum Gasteiger partial charge on any atom is -0.508 e. The van der Waals surface area contributed by atoms with E-state index in [4.69, 9.17) is 4.74 Å². The summed E-state index contributed by atoms with van der Waals surface area (Å²) in [6.45, 7) is 13.6. The molecule has 2 aromatic rings. The van der Waals surface area contributed by atoms with Gasteiger partial charge in [-0.15, -0.1) is 0 Å². The molecule has 3 amide bonds. The van der Waals surface area contributed by atoms with Crippen LogP contribution in [0.15, 0.2) is 54.6 Å². The van der Waals surface area contributed by atoms with Crippen LogP contribution in [-0.4, -0.2) is 51.6 Å². The third kappa shape index (κ3) is 9.61. The largest absolute Gasteiger partial charge is 0.508 e. The maximum atomic E-state index is 14.5. The Balaban J connectivity index is 2.59. The molecule has 0 spiro atoms. The molecule has 0 bridgehead atoms. The van der Waals surface area contributed by atoms with Crippen LogP contribution in [0.25, 0.3) is 0 Å². The lowest BCUT2D eigenvalue weighted by Gasteiger charge is -2.44. The van der Waals surface area contributed by atoms with E-state index in [1.807, 2.05) is 58.0 Å². The molecule has 39 heavy (non-hydrogen) atoms. The summed E-state index contributed by atoms with van der Waals surface area (Å²) in [5, 5.41) is 15.5. The van der Waals surface area contributed by atoms with Gasteiger partial charge in [0.1, 0.15) is 23.4 Å². The fourth-order valence-electron chi connectivity index (χ4n) is 4.17. The molecule has 2 unspecified atom stereocenters. The van der Waals surface area contributed by atoms with Crippen molar-refractivity contribution in [3.8, 4) is 5.75 Å². The Kier molecular flexibility index (Phi) is 11.4. The molecule has 2 atom stereocenters. The molecule has 8 nitrogen and oxygen atoms in total. The van der Waals surface area contributed by atoms with E-state index in [1.165, 1.54) is 12.1 Å². The minimum atomic E-state index is -1.02. The lowest BCUT2D eigenvalue weighted by atomic mass is 9.91. The van der Waals surface area contributed by atoms with Gasteiger partial charge in [0.15, 0.2) is 0 Å². The summed E-state index contributed by atoms with van der Waals surface area (Å²) in [6.07, 6.45) is 1.74. The molecular formula is C31H45N3O5. The first-order chi connectivity index (χ1) is 18.3. The number of hydrogen-bond donors (Lipinski definition) is 3. The Labute approximate surface area is 233 Å². The fourth-order valence-corrected chi connectivity index (χ4v) is 4.17. The molecule has 0 aliphatic rings. The second-order valence-corrected chi connectivity index (χ2v) is 11.4. The summed E-state index contributed by atoms with van der Waals surface area (Å²) in [5.41, 5.74) is -0.0746. The number of rotatable bonds is 12. The van der Waals surface area contributed by atoms with Gasteiger partial charge < -0.3 is 25.4 Å². The summed E-state index contributed by atoms with van der Waals surface area (Å²) in [5.74, 6) is -0.575. The number of amides is 3. The standard InChI is InChI=1S/C31H45N3O5/c1-8-10-20-32-27(36)26(23-14-12-11-13-15-23)34(31(6,7)9-2)28(37)25(33-29(38)39-30(3,4)5)21-22-16-18-24(35)19-17-22/h11-19,25-26,35H,8-10,20-21H2,1-7H3,(H,32,36)(H,33,38). The van der Waals surface area contributed by atoms with Crippen LogP contribution in [0.5, 0.6) is 5.75 Å². The Morgan fingerprint density at radius 1 is 0.949 bits per heavy atom. The van der Waals surface area contributed by atoms with Crippen LogP contribution in [0.4, 0.5) is 4.79 Å². The number of nitrogens with one attached hydrogen (secondary N) is 2. The predicted octanol–water partition coefficient (Wildman–Crippen LogP) is 5.50. The van der Waals surface area contributed by atoms with Crippen molar-refractivity contribution in [3.63, 3.8) is 0 Å². The van der Waals surface area contributed by atoms with E-state index in [2.05, 4.69) is 10.6 Å². The number of benzene rings is 2. The van der Waals surface area contributed by atoms with E-state index in [-0.39, 0.29) is 18.1 Å².